The number of methoxy groups -OCH3 is 2. The Labute approximate surface area is 167 Å². The molecule has 0 saturated heterocycles. The quantitative estimate of drug-likeness (QED) is 0.509. The highest BCUT2D eigenvalue weighted by Gasteiger charge is 2.41. The first-order chi connectivity index (χ1) is 13.8. The number of carbonyl (C=O) groups excluding carboxylic acids is 3. The average molecular weight is 401 g/mol. The molecule has 0 saturated carbocycles. The third-order valence-electron chi connectivity index (χ3n) is 4.72. The minimum absolute atomic E-state index is 0.0531. The third kappa shape index (κ3) is 5.31. The van der Waals surface area contributed by atoms with Gasteiger partial charge in [-0.05, 0) is 16.3 Å². The molecule has 0 aliphatic heterocycles. The number of amides is 1. The van der Waals surface area contributed by atoms with Crippen LogP contribution in [0.2, 0.25) is 0 Å². The van der Waals surface area contributed by atoms with E-state index in [4.69, 9.17) is 0 Å². The highest BCUT2D eigenvalue weighted by molar-refractivity contribution is 5.96. The van der Waals surface area contributed by atoms with Crippen molar-refractivity contribution in [2.45, 2.75) is 19.4 Å². The molecule has 0 bridgehead atoms. The van der Waals surface area contributed by atoms with E-state index >= 15 is 0 Å². The molecular weight excluding hydrogens is 378 g/mol. The number of hydrogen-bond donors (Lipinski definition) is 2. The summed E-state index contributed by atoms with van der Waals surface area (Å²) in [6, 6.07) is 11.7. The van der Waals surface area contributed by atoms with Gasteiger partial charge in [-0.3, -0.25) is 14.4 Å². The van der Waals surface area contributed by atoms with Crippen LogP contribution in [0.1, 0.15) is 12.5 Å². The molecule has 0 aliphatic rings. The Morgan fingerprint density at radius 3 is 2.10 bits per heavy atom. The standard InChI is InChI=1S/C21H23NO7/c1-12(17(20(26)28-2)21(27)29-3)18(19(24)25)22-16(23)11-13-8-9-14-6-4-5-7-15(14)10-13/h4-10,12,17-18H,11H2,1-3H3,(H,22,23)(H,24,25)/t12-,18+/m1/s1. The highest BCUT2D eigenvalue weighted by Crippen LogP contribution is 2.20. The van der Waals surface area contributed by atoms with E-state index < -0.39 is 41.7 Å². The smallest absolute Gasteiger partial charge is 0.326 e. The van der Waals surface area contributed by atoms with Crippen LogP contribution in [0, 0.1) is 11.8 Å². The normalized spacial score (nSPS) is 12.8. The van der Waals surface area contributed by atoms with Crippen LogP contribution in [0.4, 0.5) is 0 Å². The molecule has 8 nitrogen and oxygen atoms in total. The molecule has 2 atom stereocenters. The number of carbonyl (C=O) groups is 4. The fourth-order valence-corrected chi connectivity index (χ4v) is 3.15. The molecule has 2 rings (SSSR count). The highest BCUT2D eigenvalue weighted by atomic mass is 16.5. The lowest BCUT2D eigenvalue weighted by Gasteiger charge is -2.26. The van der Waals surface area contributed by atoms with E-state index in [2.05, 4.69) is 14.8 Å². The minimum Gasteiger partial charge on any atom is -0.480 e. The Morgan fingerprint density at radius 1 is 0.966 bits per heavy atom. The van der Waals surface area contributed by atoms with Crippen LogP contribution in [-0.4, -0.2) is 49.2 Å². The molecule has 0 spiro atoms. The van der Waals surface area contributed by atoms with E-state index in [0.717, 1.165) is 25.0 Å². The van der Waals surface area contributed by atoms with Crippen molar-refractivity contribution >= 4 is 34.6 Å². The number of aliphatic carboxylic acids is 1. The topological polar surface area (TPSA) is 119 Å². The first-order valence-electron chi connectivity index (χ1n) is 8.94. The average Bonchev–Trinajstić information content (AvgIpc) is 2.71. The summed E-state index contributed by atoms with van der Waals surface area (Å²) < 4.78 is 9.16. The number of hydrogen-bond acceptors (Lipinski definition) is 6. The van der Waals surface area contributed by atoms with Gasteiger partial charge < -0.3 is 19.9 Å². The van der Waals surface area contributed by atoms with Crippen LogP contribution >= 0.6 is 0 Å². The van der Waals surface area contributed by atoms with Crippen molar-refractivity contribution < 1.29 is 33.8 Å². The summed E-state index contributed by atoms with van der Waals surface area (Å²) in [5, 5.41) is 13.9. The van der Waals surface area contributed by atoms with Crippen LogP contribution in [0.25, 0.3) is 10.8 Å². The first kappa shape index (κ1) is 21.9. The number of fused-ring (bicyclic) bond motifs is 1. The SMILES string of the molecule is COC(=O)C(C(=O)OC)[C@@H](C)[C@H](NC(=O)Cc1ccc2ccccc2c1)C(=O)O. The van der Waals surface area contributed by atoms with Crippen LogP contribution in [-0.2, 0) is 35.1 Å². The number of nitrogens with one attached hydrogen (secondary N) is 1. The molecule has 29 heavy (non-hydrogen) atoms. The first-order valence-corrected chi connectivity index (χ1v) is 8.94. The zero-order chi connectivity index (χ0) is 21.6. The van der Waals surface area contributed by atoms with E-state index in [1.165, 1.54) is 6.92 Å². The Hall–Kier alpha value is -3.42. The van der Waals surface area contributed by atoms with Gasteiger partial charge in [-0.1, -0.05) is 49.4 Å². The summed E-state index contributed by atoms with van der Waals surface area (Å²) in [5.41, 5.74) is 0.704. The maximum Gasteiger partial charge on any atom is 0.326 e. The number of carboxylic acids is 1. The molecule has 2 aromatic carbocycles. The lowest BCUT2D eigenvalue weighted by Crippen LogP contribution is -2.50. The van der Waals surface area contributed by atoms with Crippen molar-refractivity contribution in [3.63, 3.8) is 0 Å². The molecule has 0 heterocycles. The molecule has 154 valence electrons. The third-order valence-corrected chi connectivity index (χ3v) is 4.72. The summed E-state index contributed by atoms with van der Waals surface area (Å²) >= 11 is 0. The van der Waals surface area contributed by atoms with E-state index in [-0.39, 0.29) is 6.42 Å². The molecule has 0 unspecified atom stereocenters. The largest absolute Gasteiger partial charge is 0.480 e. The van der Waals surface area contributed by atoms with Gasteiger partial charge in [0.05, 0.1) is 20.6 Å². The van der Waals surface area contributed by atoms with Gasteiger partial charge in [0.1, 0.15) is 6.04 Å². The number of benzene rings is 2. The molecular formula is C21H23NO7. The maximum absolute atomic E-state index is 12.5. The molecule has 0 aliphatic carbocycles. The van der Waals surface area contributed by atoms with Crippen molar-refractivity contribution in [3.05, 3.63) is 48.0 Å². The number of carboxylic acid groups (broad SMARTS) is 1. The van der Waals surface area contributed by atoms with Crippen LogP contribution in [0.15, 0.2) is 42.5 Å². The Bertz CT molecular complexity index is 908. The predicted octanol–water partition coefficient (Wildman–Crippen LogP) is 1.55. The van der Waals surface area contributed by atoms with Crippen molar-refractivity contribution in [1.82, 2.24) is 5.32 Å². The molecule has 2 aromatic rings. The van der Waals surface area contributed by atoms with Gasteiger partial charge >= 0.3 is 17.9 Å². The van der Waals surface area contributed by atoms with Gasteiger partial charge in [0.15, 0.2) is 5.92 Å². The summed E-state index contributed by atoms with van der Waals surface area (Å²) in [7, 11) is 2.16. The Morgan fingerprint density at radius 2 is 1.55 bits per heavy atom. The lowest BCUT2D eigenvalue weighted by molar-refractivity contribution is -0.163. The lowest BCUT2D eigenvalue weighted by atomic mass is 9.87. The zero-order valence-electron chi connectivity index (χ0n) is 16.4. The Kier molecular flexibility index (Phi) is 7.30. The second-order valence-electron chi connectivity index (χ2n) is 6.62. The van der Waals surface area contributed by atoms with E-state index in [0.29, 0.717) is 5.56 Å². The van der Waals surface area contributed by atoms with Crippen LogP contribution < -0.4 is 5.32 Å². The van der Waals surface area contributed by atoms with E-state index in [1.54, 1.807) is 6.07 Å². The van der Waals surface area contributed by atoms with Gasteiger partial charge in [0.25, 0.3) is 0 Å². The van der Waals surface area contributed by atoms with Gasteiger partial charge in [-0.2, -0.15) is 0 Å². The summed E-state index contributed by atoms with van der Waals surface area (Å²) in [6.45, 7) is 1.37. The molecule has 0 fully saturated rings. The van der Waals surface area contributed by atoms with Gasteiger partial charge in [-0.15, -0.1) is 0 Å². The van der Waals surface area contributed by atoms with Crippen LogP contribution in [0.3, 0.4) is 0 Å². The molecule has 1 amide bonds. The van der Waals surface area contributed by atoms with Crippen molar-refractivity contribution in [3.8, 4) is 0 Å². The minimum atomic E-state index is -1.48. The number of rotatable bonds is 8. The number of ether oxygens (including phenoxy) is 2. The van der Waals surface area contributed by atoms with E-state index in [9.17, 15) is 24.3 Å². The van der Waals surface area contributed by atoms with Gasteiger partial charge in [0.2, 0.25) is 5.91 Å². The second-order valence-corrected chi connectivity index (χ2v) is 6.62. The summed E-state index contributed by atoms with van der Waals surface area (Å²) in [6.07, 6.45) is -0.0531. The maximum atomic E-state index is 12.5. The zero-order valence-corrected chi connectivity index (χ0v) is 16.4. The van der Waals surface area contributed by atoms with Crippen LogP contribution in [0.5, 0.6) is 0 Å². The monoisotopic (exact) mass is 401 g/mol. The fourth-order valence-electron chi connectivity index (χ4n) is 3.15. The summed E-state index contributed by atoms with van der Waals surface area (Å²) in [4.78, 5) is 48.1. The van der Waals surface area contributed by atoms with Crippen molar-refractivity contribution in [1.29, 1.82) is 0 Å². The summed E-state index contributed by atoms with van der Waals surface area (Å²) in [5.74, 6) is -6.35. The van der Waals surface area contributed by atoms with Crippen molar-refractivity contribution in [2.75, 3.05) is 14.2 Å². The number of esters is 2. The molecule has 8 heteroatoms. The molecule has 0 radical (unpaired) electrons. The second kappa shape index (κ2) is 9.68. The predicted molar refractivity (Wildman–Crippen MR) is 104 cm³/mol. The van der Waals surface area contributed by atoms with Gasteiger partial charge in [0, 0.05) is 5.92 Å². The Balaban J connectivity index is 2.17. The fraction of sp³-hybridized carbons (Fsp3) is 0.333. The van der Waals surface area contributed by atoms with E-state index in [1.807, 2.05) is 36.4 Å². The molecule has 2 N–H and O–H groups in total. The molecule has 0 aromatic heterocycles. The van der Waals surface area contributed by atoms with Gasteiger partial charge in [-0.25, -0.2) is 4.79 Å². The van der Waals surface area contributed by atoms with Crippen molar-refractivity contribution in [2.24, 2.45) is 11.8 Å².